The molecule has 94 valence electrons. The third kappa shape index (κ3) is 2.06. The Hall–Kier alpha value is -2.69. The molecule has 3 rings (SSSR count). The van der Waals surface area contributed by atoms with Gasteiger partial charge in [0.1, 0.15) is 0 Å². The SMILES string of the molecule is O=C(NN1C(=O)Cc2ccccc21)c1ccncc1. The molecule has 1 aromatic heterocycles. The summed E-state index contributed by atoms with van der Waals surface area (Å²) in [6, 6.07) is 10.6. The van der Waals surface area contributed by atoms with E-state index in [2.05, 4.69) is 10.4 Å². The molecule has 5 nitrogen and oxygen atoms in total. The minimum atomic E-state index is -0.326. The van der Waals surface area contributed by atoms with Gasteiger partial charge in [-0.05, 0) is 23.8 Å². The van der Waals surface area contributed by atoms with E-state index >= 15 is 0 Å². The Morgan fingerprint density at radius 3 is 2.68 bits per heavy atom. The van der Waals surface area contributed by atoms with E-state index in [-0.39, 0.29) is 11.8 Å². The van der Waals surface area contributed by atoms with Crippen LogP contribution < -0.4 is 10.4 Å². The topological polar surface area (TPSA) is 62.3 Å². The lowest BCUT2D eigenvalue weighted by molar-refractivity contribution is -0.117. The lowest BCUT2D eigenvalue weighted by Gasteiger charge is -2.18. The minimum Gasteiger partial charge on any atom is -0.272 e. The predicted molar refractivity (Wildman–Crippen MR) is 69.3 cm³/mol. The summed E-state index contributed by atoms with van der Waals surface area (Å²) in [5.41, 5.74) is 4.73. The van der Waals surface area contributed by atoms with E-state index in [1.54, 1.807) is 12.1 Å². The van der Waals surface area contributed by atoms with Gasteiger partial charge in [0.05, 0.1) is 12.1 Å². The van der Waals surface area contributed by atoms with Gasteiger partial charge in [-0.15, -0.1) is 0 Å². The van der Waals surface area contributed by atoms with Crippen LogP contribution in [0.1, 0.15) is 15.9 Å². The Kier molecular flexibility index (Phi) is 2.72. The van der Waals surface area contributed by atoms with Crippen LogP contribution in [0.2, 0.25) is 0 Å². The summed E-state index contributed by atoms with van der Waals surface area (Å²) in [5.74, 6) is -0.462. The van der Waals surface area contributed by atoms with Gasteiger partial charge in [0.2, 0.25) is 5.91 Å². The van der Waals surface area contributed by atoms with E-state index < -0.39 is 0 Å². The van der Waals surface area contributed by atoms with Crippen LogP contribution in [0.4, 0.5) is 5.69 Å². The van der Waals surface area contributed by atoms with Crippen LogP contribution in [0, 0.1) is 0 Å². The number of nitrogens with one attached hydrogen (secondary N) is 1. The Morgan fingerprint density at radius 1 is 1.16 bits per heavy atom. The number of amides is 2. The van der Waals surface area contributed by atoms with Crippen molar-refractivity contribution in [3.63, 3.8) is 0 Å². The van der Waals surface area contributed by atoms with Crippen molar-refractivity contribution in [2.45, 2.75) is 6.42 Å². The Balaban J connectivity index is 1.85. The molecular weight excluding hydrogens is 242 g/mol. The fourth-order valence-corrected chi connectivity index (χ4v) is 2.05. The van der Waals surface area contributed by atoms with Gasteiger partial charge < -0.3 is 0 Å². The number of para-hydroxylation sites is 1. The first kappa shape index (κ1) is 11.4. The second-order valence-corrected chi connectivity index (χ2v) is 4.21. The van der Waals surface area contributed by atoms with Crippen LogP contribution in [0.3, 0.4) is 0 Å². The van der Waals surface area contributed by atoms with Gasteiger partial charge in [0, 0.05) is 18.0 Å². The molecular formula is C14H11N3O2. The number of hydrogen-bond acceptors (Lipinski definition) is 3. The lowest BCUT2D eigenvalue weighted by Crippen LogP contribution is -2.44. The summed E-state index contributed by atoms with van der Waals surface area (Å²) < 4.78 is 0. The Labute approximate surface area is 109 Å². The highest BCUT2D eigenvalue weighted by Crippen LogP contribution is 2.26. The maximum atomic E-state index is 12.0. The number of anilines is 1. The zero-order valence-electron chi connectivity index (χ0n) is 10.0. The van der Waals surface area contributed by atoms with E-state index in [9.17, 15) is 9.59 Å². The molecule has 5 heteroatoms. The Morgan fingerprint density at radius 2 is 1.89 bits per heavy atom. The summed E-state index contributed by atoms with van der Waals surface area (Å²) in [5, 5.41) is 1.30. The highest BCUT2D eigenvalue weighted by atomic mass is 16.2. The van der Waals surface area contributed by atoms with Crippen LogP contribution in [0.25, 0.3) is 0 Å². The van der Waals surface area contributed by atoms with E-state index in [1.165, 1.54) is 17.4 Å². The predicted octanol–water partition coefficient (Wildman–Crippen LogP) is 1.32. The van der Waals surface area contributed by atoms with Crippen molar-refractivity contribution in [3.05, 3.63) is 59.9 Å². The molecule has 0 saturated carbocycles. The van der Waals surface area contributed by atoms with Crippen LogP contribution in [0.5, 0.6) is 0 Å². The number of hydrogen-bond donors (Lipinski definition) is 1. The first-order valence-electron chi connectivity index (χ1n) is 5.87. The molecule has 0 radical (unpaired) electrons. The van der Waals surface area contributed by atoms with E-state index in [4.69, 9.17) is 0 Å². The third-order valence-corrected chi connectivity index (χ3v) is 2.98. The fourth-order valence-electron chi connectivity index (χ4n) is 2.05. The number of nitrogens with zero attached hydrogens (tertiary/aromatic N) is 2. The average molecular weight is 253 g/mol. The van der Waals surface area contributed by atoms with Crippen molar-refractivity contribution >= 4 is 17.5 Å². The van der Waals surface area contributed by atoms with Crippen LogP contribution in [0.15, 0.2) is 48.8 Å². The fraction of sp³-hybridized carbons (Fsp3) is 0.0714. The third-order valence-electron chi connectivity index (χ3n) is 2.98. The number of aromatic nitrogens is 1. The standard InChI is InChI=1S/C14H11N3O2/c18-13-9-11-3-1-2-4-12(11)17(13)16-14(19)10-5-7-15-8-6-10/h1-8H,9H2,(H,16,19). The maximum Gasteiger partial charge on any atom is 0.270 e. The molecule has 1 aliphatic heterocycles. The molecule has 0 bridgehead atoms. The molecule has 2 amide bonds. The van der Waals surface area contributed by atoms with Crippen molar-refractivity contribution < 1.29 is 9.59 Å². The lowest BCUT2D eigenvalue weighted by atomic mass is 10.2. The van der Waals surface area contributed by atoms with Gasteiger partial charge in [-0.3, -0.25) is 20.0 Å². The molecule has 0 atom stereocenters. The van der Waals surface area contributed by atoms with Crippen molar-refractivity contribution in [2.75, 3.05) is 5.01 Å². The summed E-state index contributed by atoms with van der Waals surface area (Å²) in [6.07, 6.45) is 3.39. The highest BCUT2D eigenvalue weighted by Gasteiger charge is 2.28. The zero-order valence-corrected chi connectivity index (χ0v) is 10.0. The van der Waals surface area contributed by atoms with Crippen molar-refractivity contribution in [1.82, 2.24) is 10.4 Å². The van der Waals surface area contributed by atoms with Crippen molar-refractivity contribution in [2.24, 2.45) is 0 Å². The number of carbonyl (C=O) groups excluding carboxylic acids is 2. The molecule has 0 spiro atoms. The molecule has 0 fully saturated rings. The number of hydrazine groups is 1. The summed E-state index contributed by atoms with van der Waals surface area (Å²) in [7, 11) is 0. The van der Waals surface area contributed by atoms with E-state index in [0.717, 1.165) is 11.3 Å². The molecule has 0 aliphatic carbocycles. The zero-order chi connectivity index (χ0) is 13.2. The van der Waals surface area contributed by atoms with Gasteiger partial charge in [-0.25, -0.2) is 5.01 Å². The van der Waals surface area contributed by atoms with Gasteiger partial charge in [0.25, 0.3) is 5.91 Å². The number of pyridine rings is 1. The number of benzene rings is 1. The van der Waals surface area contributed by atoms with Crippen LogP contribution >= 0.6 is 0 Å². The molecule has 2 heterocycles. The van der Waals surface area contributed by atoms with E-state index in [0.29, 0.717) is 12.0 Å². The van der Waals surface area contributed by atoms with Crippen molar-refractivity contribution in [1.29, 1.82) is 0 Å². The number of carbonyl (C=O) groups is 2. The molecule has 1 N–H and O–H groups in total. The minimum absolute atomic E-state index is 0.136. The van der Waals surface area contributed by atoms with Gasteiger partial charge in [-0.2, -0.15) is 0 Å². The molecule has 19 heavy (non-hydrogen) atoms. The first-order chi connectivity index (χ1) is 9.25. The molecule has 0 unspecified atom stereocenters. The quantitative estimate of drug-likeness (QED) is 0.877. The molecule has 0 saturated heterocycles. The number of fused-ring (bicyclic) bond motifs is 1. The largest absolute Gasteiger partial charge is 0.272 e. The smallest absolute Gasteiger partial charge is 0.270 e. The monoisotopic (exact) mass is 253 g/mol. The molecule has 2 aromatic rings. The molecule has 1 aromatic carbocycles. The first-order valence-corrected chi connectivity index (χ1v) is 5.87. The van der Waals surface area contributed by atoms with E-state index in [1.807, 2.05) is 24.3 Å². The average Bonchev–Trinajstić information content (AvgIpc) is 2.76. The summed E-state index contributed by atoms with van der Waals surface area (Å²) in [4.78, 5) is 27.8. The maximum absolute atomic E-state index is 12.0. The van der Waals surface area contributed by atoms with Gasteiger partial charge in [-0.1, -0.05) is 18.2 Å². The molecule has 1 aliphatic rings. The highest BCUT2D eigenvalue weighted by molar-refractivity contribution is 6.05. The number of rotatable bonds is 2. The summed E-state index contributed by atoms with van der Waals surface area (Å²) >= 11 is 0. The van der Waals surface area contributed by atoms with Crippen LogP contribution in [-0.2, 0) is 11.2 Å². The van der Waals surface area contributed by atoms with Gasteiger partial charge >= 0.3 is 0 Å². The van der Waals surface area contributed by atoms with Gasteiger partial charge in [0.15, 0.2) is 0 Å². The van der Waals surface area contributed by atoms with Crippen molar-refractivity contribution in [3.8, 4) is 0 Å². The second-order valence-electron chi connectivity index (χ2n) is 4.21. The summed E-state index contributed by atoms with van der Waals surface area (Å²) in [6.45, 7) is 0. The second kappa shape index (κ2) is 4.53. The normalized spacial score (nSPS) is 13.3. The van der Waals surface area contributed by atoms with Crippen LogP contribution in [-0.4, -0.2) is 16.8 Å². The Bertz CT molecular complexity index is 640.